The highest BCUT2D eigenvalue weighted by atomic mass is 15.2. The van der Waals surface area contributed by atoms with Crippen molar-refractivity contribution in [3.63, 3.8) is 0 Å². The van der Waals surface area contributed by atoms with Crippen LogP contribution in [0.4, 0.5) is 11.8 Å². The SMILES string of the molecule is Cc1cc(N2CCC(C)CC2)nc(NCCCc2ccccc2)n1. The number of piperidine rings is 1. The van der Waals surface area contributed by atoms with E-state index < -0.39 is 0 Å². The van der Waals surface area contributed by atoms with E-state index in [9.17, 15) is 0 Å². The fourth-order valence-corrected chi connectivity index (χ4v) is 3.17. The molecule has 0 atom stereocenters. The van der Waals surface area contributed by atoms with Gasteiger partial charge in [0.2, 0.25) is 5.95 Å². The number of benzene rings is 1. The summed E-state index contributed by atoms with van der Waals surface area (Å²) < 4.78 is 0. The Labute approximate surface area is 145 Å². The zero-order chi connectivity index (χ0) is 16.8. The predicted octanol–water partition coefficient (Wildman–Crippen LogP) is 4.07. The number of anilines is 2. The average molecular weight is 324 g/mol. The number of hydrogen-bond donors (Lipinski definition) is 1. The van der Waals surface area contributed by atoms with Crippen molar-refractivity contribution < 1.29 is 0 Å². The Hall–Kier alpha value is -2.10. The highest BCUT2D eigenvalue weighted by Gasteiger charge is 2.17. The van der Waals surface area contributed by atoms with Crippen molar-refractivity contribution in [2.75, 3.05) is 29.9 Å². The van der Waals surface area contributed by atoms with E-state index in [0.717, 1.165) is 55.9 Å². The lowest BCUT2D eigenvalue weighted by atomic mass is 9.99. The highest BCUT2D eigenvalue weighted by Crippen LogP contribution is 2.22. The van der Waals surface area contributed by atoms with E-state index in [2.05, 4.69) is 58.5 Å². The van der Waals surface area contributed by atoms with E-state index in [1.165, 1.54) is 18.4 Å². The minimum atomic E-state index is 0.761. The van der Waals surface area contributed by atoms with E-state index >= 15 is 0 Å². The first-order valence-electron chi connectivity index (χ1n) is 9.09. The molecule has 1 aromatic carbocycles. The van der Waals surface area contributed by atoms with E-state index in [4.69, 9.17) is 4.98 Å². The third-order valence-electron chi connectivity index (χ3n) is 4.72. The lowest BCUT2D eigenvalue weighted by Gasteiger charge is -2.31. The smallest absolute Gasteiger partial charge is 0.224 e. The van der Waals surface area contributed by atoms with Gasteiger partial charge in [-0.15, -0.1) is 0 Å². The van der Waals surface area contributed by atoms with Crippen LogP contribution < -0.4 is 10.2 Å². The molecule has 4 heteroatoms. The molecule has 1 aliphatic heterocycles. The van der Waals surface area contributed by atoms with Gasteiger partial charge in [-0.05, 0) is 44.1 Å². The van der Waals surface area contributed by atoms with Crippen LogP contribution in [-0.4, -0.2) is 29.6 Å². The summed E-state index contributed by atoms with van der Waals surface area (Å²) in [4.78, 5) is 11.7. The predicted molar refractivity (Wildman–Crippen MR) is 101 cm³/mol. The molecule has 1 fully saturated rings. The van der Waals surface area contributed by atoms with Gasteiger partial charge in [-0.2, -0.15) is 4.98 Å². The van der Waals surface area contributed by atoms with Crippen LogP contribution in [0.25, 0.3) is 0 Å². The second kappa shape index (κ2) is 8.13. The molecule has 24 heavy (non-hydrogen) atoms. The average Bonchev–Trinajstić information content (AvgIpc) is 2.60. The van der Waals surface area contributed by atoms with Crippen LogP contribution in [0.2, 0.25) is 0 Å². The van der Waals surface area contributed by atoms with Crippen molar-refractivity contribution in [3.8, 4) is 0 Å². The van der Waals surface area contributed by atoms with Gasteiger partial charge < -0.3 is 10.2 Å². The Morgan fingerprint density at radius 2 is 1.88 bits per heavy atom. The molecule has 2 aromatic rings. The Bertz CT molecular complexity index is 633. The fourth-order valence-electron chi connectivity index (χ4n) is 3.17. The molecule has 0 radical (unpaired) electrons. The molecule has 1 N–H and O–H groups in total. The fraction of sp³-hybridized carbons (Fsp3) is 0.500. The normalized spacial score (nSPS) is 15.5. The molecular formula is C20H28N4. The monoisotopic (exact) mass is 324 g/mol. The van der Waals surface area contributed by atoms with Crippen LogP contribution in [0.5, 0.6) is 0 Å². The maximum absolute atomic E-state index is 4.73. The highest BCUT2D eigenvalue weighted by molar-refractivity contribution is 5.45. The largest absolute Gasteiger partial charge is 0.356 e. The number of hydrogen-bond acceptors (Lipinski definition) is 4. The molecule has 128 valence electrons. The van der Waals surface area contributed by atoms with Gasteiger partial charge in [0.25, 0.3) is 0 Å². The third-order valence-corrected chi connectivity index (χ3v) is 4.72. The van der Waals surface area contributed by atoms with Crippen molar-refractivity contribution in [2.24, 2.45) is 5.92 Å². The van der Waals surface area contributed by atoms with Gasteiger partial charge in [0.05, 0.1) is 0 Å². The van der Waals surface area contributed by atoms with E-state index in [1.54, 1.807) is 0 Å². The van der Waals surface area contributed by atoms with E-state index in [1.807, 2.05) is 6.92 Å². The minimum absolute atomic E-state index is 0.761. The van der Waals surface area contributed by atoms with Crippen LogP contribution in [0, 0.1) is 12.8 Å². The molecule has 0 amide bonds. The molecular weight excluding hydrogens is 296 g/mol. The third kappa shape index (κ3) is 4.70. The molecule has 0 spiro atoms. The van der Waals surface area contributed by atoms with Gasteiger partial charge in [0, 0.05) is 31.4 Å². The maximum atomic E-state index is 4.73. The van der Waals surface area contributed by atoms with Crippen molar-refractivity contribution in [2.45, 2.75) is 39.5 Å². The standard InChI is InChI=1S/C20H28N4/c1-16-10-13-24(14-11-16)19-15-17(2)22-20(23-19)21-12-6-9-18-7-4-3-5-8-18/h3-5,7-8,15-16H,6,9-14H2,1-2H3,(H,21,22,23). The van der Waals surface area contributed by atoms with Crippen LogP contribution in [-0.2, 0) is 6.42 Å². The molecule has 0 saturated carbocycles. The number of nitrogens with zero attached hydrogens (tertiary/aromatic N) is 3. The second-order valence-electron chi connectivity index (χ2n) is 6.88. The quantitative estimate of drug-likeness (QED) is 0.813. The second-order valence-corrected chi connectivity index (χ2v) is 6.88. The first-order chi connectivity index (χ1) is 11.7. The number of aromatic nitrogens is 2. The zero-order valence-corrected chi connectivity index (χ0v) is 14.8. The summed E-state index contributed by atoms with van der Waals surface area (Å²) in [6.45, 7) is 7.49. The van der Waals surface area contributed by atoms with Crippen LogP contribution in [0.3, 0.4) is 0 Å². The van der Waals surface area contributed by atoms with E-state index in [0.29, 0.717) is 0 Å². The van der Waals surface area contributed by atoms with Gasteiger partial charge in [-0.1, -0.05) is 37.3 Å². The van der Waals surface area contributed by atoms with Crippen LogP contribution in [0.15, 0.2) is 36.4 Å². The molecule has 1 saturated heterocycles. The minimum Gasteiger partial charge on any atom is -0.356 e. The van der Waals surface area contributed by atoms with E-state index in [-0.39, 0.29) is 0 Å². The summed E-state index contributed by atoms with van der Waals surface area (Å²) in [5.41, 5.74) is 2.41. The number of aryl methyl sites for hydroxylation is 2. The summed E-state index contributed by atoms with van der Waals surface area (Å²) in [6, 6.07) is 12.7. The van der Waals surface area contributed by atoms with Gasteiger partial charge in [-0.3, -0.25) is 0 Å². The topological polar surface area (TPSA) is 41.1 Å². The molecule has 3 rings (SSSR count). The van der Waals surface area contributed by atoms with Crippen molar-refractivity contribution in [3.05, 3.63) is 47.7 Å². The van der Waals surface area contributed by atoms with Crippen molar-refractivity contribution in [1.29, 1.82) is 0 Å². The summed E-state index contributed by atoms with van der Waals surface area (Å²) in [5.74, 6) is 2.66. The summed E-state index contributed by atoms with van der Waals surface area (Å²) >= 11 is 0. The Balaban J connectivity index is 1.54. The lowest BCUT2D eigenvalue weighted by Crippen LogP contribution is -2.33. The summed E-state index contributed by atoms with van der Waals surface area (Å²) in [7, 11) is 0. The molecule has 0 aliphatic carbocycles. The number of nitrogens with one attached hydrogen (secondary N) is 1. The van der Waals surface area contributed by atoms with Crippen molar-refractivity contribution >= 4 is 11.8 Å². The molecule has 0 bridgehead atoms. The van der Waals surface area contributed by atoms with Gasteiger partial charge in [0.1, 0.15) is 5.82 Å². The Morgan fingerprint density at radius 3 is 2.62 bits per heavy atom. The maximum Gasteiger partial charge on any atom is 0.224 e. The van der Waals surface area contributed by atoms with Gasteiger partial charge >= 0.3 is 0 Å². The first-order valence-corrected chi connectivity index (χ1v) is 9.09. The van der Waals surface area contributed by atoms with Gasteiger partial charge in [0.15, 0.2) is 0 Å². The summed E-state index contributed by atoms with van der Waals surface area (Å²) in [6.07, 6.45) is 4.67. The molecule has 1 aliphatic rings. The van der Waals surface area contributed by atoms with Crippen molar-refractivity contribution in [1.82, 2.24) is 9.97 Å². The Kier molecular flexibility index (Phi) is 5.68. The van der Waals surface area contributed by atoms with Crippen LogP contribution in [0.1, 0.15) is 37.4 Å². The zero-order valence-electron chi connectivity index (χ0n) is 14.8. The first kappa shape index (κ1) is 16.7. The lowest BCUT2D eigenvalue weighted by molar-refractivity contribution is 0.436. The molecule has 4 nitrogen and oxygen atoms in total. The molecule has 0 unspecified atom stereocenters. The number of rotatable bonds is 6. The summed E-state index contributed by atoms with van der Waals surface area (Å²) in [5, 5.41) is 3.40. The molecule has 1 aromatic heterocycles. The van der Waals surface area contributed by atoms with Gasteiger partial charge in [-0.25, -0.2) is 4.98 Å². The molecule has 2 heterocycles. The Morgan fingerprint density at radius 1 is 1.12 bits per heavy atom. The van der Waals surface area contributed by atoms with Crippen LogP contribution >= 0.6 is 0 Å².